The highest BCUT2D eigenvalue weighted by molar-refractivity contribution is 7.98. The third-order valence-corrected chi connectivity index (χ3v) is 4.47. The number of nitrogens with one attached hydrogen (secondary N) is 1. The molecule has 2 aromatic rings. The highest BCUT2D eigenvalue weighted by Gasteiger charge is 2.27. The summed E-state index contributed by atoms with van der Waals surface area (Å²) in [6, 6.07) is 9.72. The molecule has 1 aromatic carbocycles. The van der Waals surface area contributed by atoms with Gasteiger partial charge in [-0.1, -0.05) is 29.8 Å². The molecule has 0 bridgehead atoms. The lowest BCUT2D eigenvalue weighted by molar-refractivity contribution is 0.878. The van der Waals surface area contributed by atoms with E-state index in [4.69, 9.17) is 17.4 Å². The first-order valence-corrected chi connectivity index (χ1v) is 7.84. The van der Waals surface area contributed by atoms with Crippen molar-refractivity contribution in [3.8, 4) is 0 Å². The van der Waals surface area contributed by atoms with E-state index >= 15 is 0 Å². The van der Waals surface area contributed by atoms with Crippen LogP contribution in [-0.4, -0.2) is 9.97 Å². The van der Waals surface area contributed by atoms with Gasteiger partial charge in [0.2, 0.25) is 0 Å². The first-order chi connectivity index (χ1) is 9.76. The Bertz CT molecular complexity index is 616. The summed E-state index contributed by atoms with van der Waals surface area (Å²) in [5, 5.41) is 1.71. The fraction of sp³-hybridized carbons (Fsp3) is 0.286. The molecule has 104 valence electrons. The lowest BCUT2D eigenvalue weighted by Gasteiger charge is -2.07. The largest absolute Gasteiger partial charge is 0.308 e. The molecule has 20 heavy (non-hydrogen) atoms. The minimum absolute atomic E-state index is 0.503. The van der Waals surface area contributed by atoms with Gasteiger partial charge in [-0.2, -0.15) is 0 Å². The maximum atomic E-state index is 6.16. The molecular weight excluding hydrogens is 292 g/mol. The van der Waals surface area contributed by atoms with Crippen LogP contribution in [0.4, 0.5) is 5.82 Å². The number of hydrogen-bond acceptors (Lipinski definition) is 5. The Hall–Kier alpha value is -1.30. The summed E-state index contributed by atoms with van der Waals surface area (Å²) in [6.07, 6.45) is 2.34. The fourth-order valence-corrected chi connectivity index (χ4v) is 3.07. The second-order valence-corrected chi connectivity index (χ2v) is 6.15. The molecule has 3 rings (SSSR count). The molecule has 0 aliphatic heterocycles. The first-order valence-electron chi connectivity index (χ1n) is 6.48. The van der Waals surface area contributed by atoms with Gasteiger partial charge >= 0.3 is 0 Å². The number of aromatic nitrogens is 2. The monoisotopic (exact) mass is 306 g/mol. The Morgan fingerprint density at radius 2 is 2.10 bits per heavy atom. The second-order valence-electron chi connectivity index (χ2n) is 4.75. The van der Waals surface area contributed by atoms with E-state index in [1.807, 2.05) is 30.3 Å². The Labute approximate surface area is 127 Å². The molecule has 4 nitrogen and oxygen atoms in total. The SMILES string of the molecule is NNc1cc(SCc2ccccc2Cl)nc(C2CC2)n1. The van der Waals surface area contributed by atoms with Crippen molar-refractivity contribution in [3.63, 3.8) is 0 Å². The number of nitrogens with zero attached hydrogens (tertiary/aromatic N) is 2. The van der Waals surface area contributed by atoms with Crippen molar-refractivity contribution in [2.45, 2.75) is 29.5 Å². The zero-order valence-electron chi connectivity index (χ0n) is 10.8. The van der Waals surface area contributed by atoms with Crippen molar-refractivity contribution in [2.75, 3.05) is 5.43 Å². The minimum Gasteiger partial charge on any atom is -0.308 e. The van der Waals surface area contributed by atoms with E-state index in [0.29, 0.717) is 11.7 Å². The van der Waals surface area contributed by atoms with Crippen LogP contribution in [0, 0.1) is 0 Å². The molecule has 0 amide bonds. The number of thioether (sulfide) groups is 1. The summed E-state index contributed by atoms with van der Waals surface area (Å²) in [5.41, 5.74) is 3.71. The van der Waals surface area contributed by atoms with Gasteiger partial charge in [-0.25, -0.2) is 15.8 Å². The van der Waals surface area contributed by atoms with Gasteiger partial charge in [-0.3, -0.25) is 0 Å². The van der Waals surface area contributed by atoms with E-state index in [1.54, 1.807) is 11.8 Å². The van der Waals surface area contributed by atoms with E-state index < -0.39 is 0 Å². The molecule has 0 spiro atoms. The molecule has 0 saturated heterocycles. The zero-order chi connectivity index (χ0) is 13.9. The summed E-state index contributed by atoms with van der Waals surface area (Å²) in [7, 11) is 0. The molecule has 0 unspecified atom stereocenters. The van der Waals surface area contributed by atoms with E-state index in [2.05, 4.69) is 15.4 Å². The number of nitrogens with two attached hydrogens (primary N) is 1. The van der Waals surface area contributed by atoms with Crippen LogP contribution >= 0.6 is 23.4 Å². The Balaban J connectivity index is 1.76. The maximum Gasteiger partial charge on any atom is 0.144 e. The molecule has 0 atom stereocenters. The van der Waals surface area contributed by atoms with Gasteiger partial charge in [0, 0.05) is 22.8 Å². The second kappa shape index (κ2) is 5.99. The van der Waals surface area contributed by atoms with Gasteiger partial charge in [-0.15, -0.1) is 11.8 Å². The quantitative estimate of drug-likeness (QED) is 0.382. The average Bonchev–Trinajstić information content (AvgIpc) is 3.31. The van der Waals surface area contributed by atoms with Crippen LogP contribution in [0.15, 0.2) is 35.4 Å². The van der Waals surface area contributed by atoms with Crippen LogP contribution in [-0.2, 0) is 5.75 Å². The smallest absolute Gasteiger partial charge is 0.144 e. The van der Waals surface area contributed by atoms with Crippen molar-refractivity contribution >= 4 is 29.2 Å². The molecule has 1 aromatic heterocycles. The topological polar surface area (TPSA) is 63.8 Å². The predicted molar refractivity (Wildman–Crippen MR) is 82.8 cm³/mol. The molecule has 6 heteroatoms. The van der Waals surface area contributed by atoms with Crippen LogP contribution in [0.3, 0.4) is 0 Å². The van der Waals surface area contributed by atoms with Crippen molar-refractivity contribution in [1.82, 2.24) is 9.97 Å². The van der Waals surface area contributed by atoms with Gasteiger partial charge in [0.15, 0.2) is 0 Å². The van der Waals surface area contributed by atoms with E-state index in [1.165, 1.54) is 12.8 Å². The van der Waals surface area contributed by atoms with Crippen LogP contribution in [0.2, 0.25) is 5.02 Å². The van der Waals surface area contributed by atoms with Crippen molar-refractivity contribution in [2.24, 2.45) is 5.84 Å². The Kier molecular flexibility index (Phi) is 4.10. The van der Waals surface area contributed by atoms with Gasteiger partial charge < -0.3 is 5.43 Å². The number of halogens is 1. The summed E-state index contributed by atoms with van der Waals surface area (Å²) in [6.45, 7) is 0. The number of nitrogen functional groups attached to an aromatic ring is 1. The fourth-order valence-electron chi connectivity index (χ4n) is 1.88. The van der Waals surface area contributed by atoms with Gasteiger partial charge in [0.25, 0.3) is 0 Å². The summed E-state index contributed by atoms with van der Waals surface area (Å²) < 4.78 is 0. The molecule has 1 heterocycles. The normalized spacial score (nSPS) is 14.3. The van der Waals surface area contributed by atoms with Crippen molar-refractivity contribution in [3.05, 3.63) is 46.7 Å². The lowest BCUT2D eigenvalue weighted by atomic mass is 10.2. The highest BCUT2D eigenvalue weighted by atomic mass is 35.5. The number of hydrogen-bond donors (Lipinski definition) is 2. The number of benzene rings is 1. The summed E-state index contributed by atoms with van der Waals surface area (Å²) in [4.78, 5) is 9.00. The number of rotatable bonds is 5. The summed E-state index contributed by atoms with van der Waals surface area (Å²) in [5.74, 6) is 8.31. The number of anilines is 1. The van der Waals surface area contributed by atoms with Crippen molar-refractivity contribution in [1.29, 1.82) is 0 Å². The van der Waals surface area contributed by atoms with Gasteiger partial charge in [0.05, 0.1) is 0 Å². The first kappa shape index (κ1) is 13.7. The maximum absolute atomic E-state index is 6.16. The molecular formula is C14H15ClN4S. The molecule has 0 radical (unpaired) electrons. The van der Waals surface area contributed by atoms with Crippen LogP contribution in [0.1, 0.15) is 30.1 Å². The molecule has 1 saturated carbocycles. The number of hydrazine groups is 1. The average molecular weight is 307 g/mol. The van der Waals surface area contributed by atoms with Crippen molar-refractivity contribution < 1.29 is 0 Å². The molecule has 1 aliphatic carbocycles. The molecule has 1 aliphatic rings. The third-order valence-electron chi connectivity index (χ3n) is 3.14. The highest BCUT2D eigenvalue weighted by Crippen LogP contribution is 2.39. The molecule has 1 fully saturated rings. The third kappa shape index (κ3) is 3.23. The molecule has 3 N–H and O–H groups in total. The Morgan fingerprint density at radius 1 is 1.30 bits per heavy atom. The van der Waals surface area contributed by atoms with Crippen LogP contribution in [0.25, 0.3) is 0 Å². The van der Waals surface area contributed by atoms with Gasteiger partial charge in [0.1, 0.15) is 16.7 Å². The van der Waals surface area contributed by atoms with Crippen LogP contribution in [0.5, 0.6) is 0 Å². The Morgan fingerprint density at radius 3 is 2.80 bits per heavy atom. The van der Waals surface area contributed by atoms with E-state index in [9.17, 15) is 0 Å². The van der Waals surface area contributed by atoms with E-state index in [-0.39, 0.29) is 0 Å². The standard InChI is InChI=1S/C14H15ClN4S/c15-11-4-2-1-3-10(11)8-20-13-7-12(19-16)17-14(18-13)9-5-6-9/h1-4,7,9H,5-6,8,16H2,(H,17,18,19). The lowest BCUT2D eigenvalue weighted by Crippen LogP contribution is -2.10. The minimum atomic E-state index is 0.503. The predicted octanol–water partition coefficient (Wildman–Crippen LogP) is 3.59. The van der Waals surface area contributed by atoms with E-state index in [0.717, 1.165) is 27.2 Å². The van der Waals surface area contributed by atoms with Crippen LogP contribution < -0.4 is 11.3 Å². The zero-order valence-corrected chi connectivity index (χ0v) is 12.4. The van der Waals surface area contributed by atoms with Gasteiger partial charge in [-0.05, 0) is 24.5 Å². The summed E-state index contributed by atoms with van der Waals surface area (Å²) >= 11 is 7.81.